The van der Waals surface area contributed by atoms with E-state index in [1.165, 1.54) is 6.07 Å². The van der Waals surface area contributed by atoms with Gasteiger partial charge in [-0.15, -0.1) is 0 Å². The summed E-state index contributed by atoms with van der Waals surface area (Å²) in [5, 5.41) is 20.4. The van der Waals surface area contributed by atoms with Crippen LogP contribution < -0.4 is 0 Å². The van der Waals surface area contributed by atoms with Crippen LogP contribution >= 0.6 is 0 Å². The highest BCUT2D eigenvalue weighted by Crippen LogP contribution is 2.55. The molecule has 0 radical (unpaired) electrons. The SMILES string of the molecule is CCC1(C(=O)O)C(O)CC(C)CC1(C)c1ccc(F)c(F)c1. The molecule has 1 aliphatic carbocycles. The Labute approximate surface area is 129 Å². The topological polar surface area (TPSA) is 57.5 Å². The standard InChI is InChI=1S/C17H22F2O3/c1-4-17(15(21)22)14(20)7-10(2)9-16(17,3)11-5-6-12(18)13(19)8-11/h5-6,8,10,14,20H,4,7,9H2,1-3H3,(H,21,22). The average Bonchev–Trinajstić information content (AvgIpc) is 2.41. The van der Waals surface area contributed by atoms with Crippen molar-refractivity contribution in [3.63, 3.8) is 0 Å². The zero-order chi connectivity index (χ0) is 16.7. The molecule has 1 aromatic carbocycles. The lowest BCUT2D eigenvalue weighted by molar-refractivity contribution is -0.173. The second-order valence-corrected chi connectivity index (χ2v) is 6.65. The minimum atomic E-state index is -1.41. The maximum atomic E-state index is 13.7. The van der Waals surface area contributed by atoms with Crippen LogP contribution in [0.2, 0.25) is 0 Å². The van der Waals surface area contributed by atoms with Gasteiger partial charge in [0.15, 0.2) is 11.6 Å². The molecule has 3 nitrogen and oxygen atoms in total. The maximum absolute atomic E-state index is 13.7. The summed E-state index contributed by atoms with van der Waals surface area (Å²) in [4.78, 5) is 12.0. The number of aliphatic hydroxyl groups excluding tert-OH is 1. The monoisotopic (exact) mass is 312 g/mol. The van der Waals surface area contributed by atoms with Crippen molar-refractivity contribution in [1.82, 2.24) is 0 Å². The van der Waals surface area contributed by atoms with E-state index in [2.05, 4.69) is 0 Å². The number of carboxylic acid groups (broad SMARTS) is 1. The van der Waals surface area contributed by atoms with Gasteiger partial charge in [0.2, 0.25) is 0 Å². The number of aliphatic carboxylic acids is 1. The second kappa shape index (κ2) is 5.61. The second-order valence-electron chi connectivity index (χ2n) is 6.65. The largest absolute Gasteiger partial charge is 0.481 e. The molecular formula is C17H22F2O3. The molecule has 0 amide bonds. The molecule has 2 N–H and O–H groups in total. The van der Waals surface area contributed by atoms with E-state index in [0.717, 1.165) is 12.1 Å². The molecule has 1 saturated carbocycles. The van der Waals surface area contributed by atoms with Crippen LogP contribution in [0.4, 0.5) is 8.78 Å². The molecule has 22 heavy (non-hydrogen) atoms. The number of hydrogen-bond donors (Lipinski definition) is 2. The average molecular weight is 312 g/mol. The lowest BCUT2D eigenvalue weighted by Crippen LogP contribution is -2.60. The van der Waals surface area contributed by atoms with Gasteiger partial charge in [-0.2, -0.15) is 0 Å². The van der Waals surface area contributed by atoms with Gasteiger partial charge in [0.05, 0.1) is 6.10 Å². The number of benzene rings is 1. The van der Waals surface area contributed by atoms with Gasteiger partial charge in [0, 0.05) is 5.41 Å². The minimum Gasteiger partial charge on any atom is -0.481 e. The predicted molar refractivity (Wildman–Crippen MR) is 78.5 cm³/mol. The third kappa shape index (κ3) is 2.22. The van der Waals surface area contributed by atoms with E-state index < -0.39 is 34.5 Å². The number of aliphatic hydroxyl groups is 1. The summed E-state index contributed by atoms with van der Waals surface area (Å²) in [5.41, 5.74) is -1.97. The Morgan fingerprint density at radius 1 is 1.36 bits per heavy atom. The van der Waals surface area contributed by atoms with Crippen LogP contribution in [0.5, 0.6) is 0 Å². The van der Waals surface area contributed by atoms with Gasteiger partial charge < -0.3 is 10.2 Å². The first-order chi connectivity index (χ1) is 10.2. The third-order valence-electron chi connectivity index (χ3n) is 5.43. The van der Waals surface area contributed by atoms with E-state index in [1.54, 1.807) is 13.8 Å². The van der Waals surface area contributed by atoms with E-state index in [1.807, 2.05) is 6.92 Å². The number of carboxylic acids is 1. The molecule has 4 unspecified atom stereocenters. The van der Waals surface area contributed by atoms with Crippen LogP contribution in [0.3, 0.4) is 0 Å². The Morgan fingerprint density at radius 2 is 2.00 bits per heavy atom. The minimum absolute atomic E-state index is 0.0899. The van der Waals surface area contributed by atoms with Crippen molar-refractivity contribution < 1.29 is 23.8 Å². The van der Waals surface area contributed by atoms with Crippen molar-refractivity contribution in [2.75, 3.05) is 0 Å². The van der Waals surface area contributed by atoms with Crippen molar-refractivity contribution in [2.45, 2.75) is 51.6 Å². The van der Waals surface area contributed by atoms with Crippen molar-refractivity contribution in [3.05, 3.63) is 35.4 Å². The fraction of sp³-hybridized carbons (Fsp3) is 0.588. The summed E-state index contributed by atoms with van der Waals surface area (Å²) in [6, 6.07) is 3.51. The Balaban J connectivity index is 2.68. The van der Waals surface area contributed by atoms with Gasteiger partial charge in [-0.25, -0.2) is 8.78 Å². The summed E-state index contributed by atoms with van der Waals surface area (Å²) >= 11 is 0. The molecule has 0 bridgehead atoms. The van der Waals surface area contributed by atoms with Crippen LogP contribution in [0.15, 0.2) is 18.2 Å². The van der Waals surface area contributed by atoms with Gasteiger partial charge in [0.1, 0.15) is 5.41 Å². The number of hydrogen-bond acceptors (Lipinski definition) is 2. The summed E-state index contributed by atoms with van der Waals surface area (Å²) in [5.74, 6) is -2.97. The lowest BCUT2D eigenvalue weighted by atomic mass is 9.50. The zero-order valence-electron chi connectivity index (χ0n) is 13.1. The molecule has 5 heteroatoms. The van der Waals surface area contributed by atoms with E-state index in [9.17, 15) is 23.8 Å². The lowest BCUT2D eigenvalue weighted by Gasteiger charge is -2.53. The Hall–Kier alpha value is -1.49. The molecule has 0 heterocycles. The van der Waals surface area contributed by atoms with Gasteiger partial charge in [-0.05, 0) is 42.9 Å². The highest BCUT2D eigenvalue weighted by atomic mass is 19.2. The summed E-state index contributed by atoms with van der Waals surface area (Å²) < 4.78 is 26.9. The Morgan fingerprint density at radius 3 is 2.50 bits per heavy atom. The molecule has 0 saturated heterocycles. The molecule has 122 valence electrons. The molecule has 0 aliphatic heterocycles. The van der Waals surface area contributed by atoms with Crippen LogP contribution in [-0.4, -0.2) is 22.3 Å². The van der Waals surface area contributed by atoms with E-state index in [-0.39, 0.29) is 12.3 Å². The third-order valence-corrected chi connectivity index (χ3v) is 5.43. The zero-order valence-corrected chi connectivity index (χ0v) is 13.1. The van der Waals surface area contributed by atoms with Gasteiger partial charge >= 0.3 is 5.97 Å². The molecular weight excluding hydrogens is 290 g/mol. The number of halogens is 2. The van der Waals surface area contributed by atoms with Gasteiger partial charge in [-0.1, -0.05) is 26.8 Å². The quantitative estimate of drug-likeness (QED) is 0.898. The molecule has 0 aromatic heterocycles. The molecule has 2 rings (SSSR count). The van der Waals surface area contributed by atoms with Crippen LogP contribution in [-0.2, 0) is 10.2 Å². The van der Waals surface area contributed by atoms with E-state index in [4.69, 9.17) is 0 Å². The fourth-order valence-corrected chi connectivity index (χ4v) is 4.28. The predicted octanol–water partition coefficient (Wildman–Crippen LogP) is 3.49. The van der Waals surface area contributed by atoms with Crippen molar-refractivity contribution >= 4 is 5.97 Å². The van der Waals surface area contributed by atoms with Gasteiger partial charge in [0.25, 0.3) is 0 Å². The van der Waals surface area contributed by atoms with Crippen LogP contribution in [0.1, 0.15) is 45.6 Å². The Bertz CT molecular complexity index is 589. The fourth-order valence-electron chi connectivity index (χ4n) is 4.28. The Kier molecular flexibility index (Phi) is 4.30. The first-order valence-corrected chi connectivity index (χ1v) is 7.56. The summed E-state index contributed by atoms with van der Waals surface area (Å²) in [7, 11) is 0. The first kappa shape index (κ1) is 16.9. The number of rotatable bonds is 3. The molecule has 0 spiro atoms. The highest BCUT2D eigenvalue weighted by molar-refractivity contribution is 5.78. The summed E-state index contributed by atoms with van der Waals surface area (Å²) in [6.45, 7) is 5.38. The first-order valence-electron chi connectivity index (χ1n) is 7.56. The molecule has 1 fully saturated rings. The number of carbonyl (C=O) groups is 1. The van der Waals surface area contributed by atoms with E-state index in [0.29, 0.717) is 18.4 Å². The van der Waals surface area contributed by atoms with Crippen LogP contribution in [0.25, 0.3) is 0 Å². The molecule has 1 aliphatic rings. The smallest absolute Gasteiger partial charge is 0.313 e. The summed E-state index contributed by atoms with van der Waals surface area (Å²) in [6.07, 6.45) is 0.0669. The highest BCUT2D eigenvalue weighted by Gasteiger charge is 2.61. The normalized spacial score (nSPS) is 35.4. The van der Waals surface area contributed by atoms with E-state index >= 15 is 0 Å². The van der Waals surface area contributed by atoms with Crippen molar-refractivity contribution in [2.24, 2.45) is 11.3 Å². The van der Waals surface area contributed by atoms with Crippen molar-refractivity contribution in [1.29, 1.82) is 0 Å². The van der Waals surface area contributed by atoms with Gasteiger partial charge in [-0.3, -0.25) is 4.79 Å². The molecule has 1 aromatic rings. The maximum Gasteiger partial charge on any atom is 0.313 e. The van der Waals surface area contributed by atoms with Crippen molar-refractivity contribution in [3.8, 4) is 0 Å². The van der Waals surface area contributed by atoms with Crippen LogP contribution in [0, 0.1) is 23.0 Å². The molecule has 4 atom stereocenters.